The second kappa shape index (κ2) is 5.45. The molecule has 0 saturated carbocycles. The van der Waals surface area contributed by atoms with E-state index in [1.165, 1.54) is 6.92 Å². The number of aliphatic carboxylic acids is 1. The molecular formula is C9H8N2O6S. The van der Waals surface area contributed by atoms with Gasteiger partial charge in [-0.1, -0.05) is 0 Å². The Bertz CT molecular complexity index is 486. The van der Waals surface area contributed by atoms with Crippen molar-refractivity contribution in [2.24, 2.45) is 0 Å². The molecule has 1 atom stereocenters. The van der Waals surface area contributed by atoms with Crippen LogP contribution in [0.1, 0.15) is 6.92 Å². The largest absolute Gasteiger partial charge is 0.480 e. The maximum Gasteiger partial charge on any atom is 0.316 e. The van der Waals surface area contributed by atoms with Gasteiger partial charge < -0.3 is 5.11 Å². The monoisotopic (exact) mass is 272 g/mol. The van der Waals surface area contributed by atoms with Gasteiger partial charge in [-0.3, -0.25) is 25.0 Å². The van der Waals surface area contributed by atoms with E-state index in [1.807, 2.05) is 0 Å². The lowest BCUT2D eigenvalue weighted by molar-refractivity contribution is -0.394. The zero-order valence-corrected chi connectivity index (χ0v) is 9.92. The predicted molar refractivity (Wildman–Crippen MR) is 62.7 cm³/mol. The van der Waals surface area contributed by atoms with Crippen LogP contribution in [0.25, 0.3) is 0 Å². The molecule has 0 fully saturated rings. The molecule has 0 aromatic heterocycles. The van der Waals surface area contributed by atoms with Gasteiger partial charge in [0.25, 0.3) is 11.4 Å². The average molecular weight is 272 g/mol. The third kappa shape index (κ3) is 3.42. The van der Waals surface area contributed by atoms with Crippen molar-refractivity contribution in [2.75, 3.05) is 0 Å². The molecule has 0 spiro atoms. The zero-order valence-electron chi connectivity index (χ0n) is 9.10. The van der Waals surface area contributed by atoms with E-state index in [-0.39, 0.29) is 4.90 Å². The fraction of sp³-hybridized carbons (Fsp3) is 0.222. The number of rotatable bonds is 5. The van der Waals surface area contributed by atoms with Crippen molar-refractivity contribution in [3.63, 3.8) is 0 Å². The van der Waals surface area contributed by atoms with Gasteiger partial charge >= 0.3 is 5.97 Å². The van der Waals surface area contributed by atoms with Gasteiger partial charge in [-0.15, -0.1) is 11.8 Å². The van der Waals surface area contributed by atoms with Gasteiger partial charge in [-0.2, -0.15) is 0 Å². The van der Waals surface area contributed by atoms with Crippen LogP contribution in [0.5, 0.6) is 0 Å². The van der Waals surface area contributed by atoms with Gasteiger partial charge in [0, 0.05) is 17.0 Å². The average Bonchev–Trinajstić information content (AvgIpc) is 2.28. The van der Waals surface area contributed by atoms with Crippen molar-refractivity contribution >= 4 is 29.1 Å². The lowest BCUT2D eigenvalue weighted by Crippen LogP contribution is -2.11. The highest BCUT2D eigenvalue weighted by Gasteiger charge is 2.19. The highest BCUT2D eigenvalue weighted by atomic mass is 32.2. The predicted octanol–water partition coefficient (Wildman–Crippen LogP) is 2.07. The number of carbonyl (C=O) groups is 1. The number of hydrogen-bond donors (Lipinski definition) is 1. The lowest BCUT2D eigenvalue weighted by Gasteiger charge is -2.05. The molecular weight excluding hydrogens is 264 g/mol. The first-order valence-corrected chi connectivity index (χ1v) is 5.52. The SMILES string of the molecule is C[C@@H](Sc1cc([N+](=O)[O-])cc([N+](=O)[O-])c1)C(=O)O. The summed E-state index contributed by atoms with van der Waals surface area (Å²) in [6, 6.07) is 3.05. The second-order valence-corrected chi connectivity index (χ2v) is 4.71. The quantitative estimate of drug-likeness (QED) is 0.494. The molecule has 0 aliphatic rings. The van der Waals surface area contributed by atoms with E-state index < -0.39 is 32.4 Å². The van der Waals surface area contributed by atoms with Crippen LogP contribution in [0.2, 0.25) is 0 Å². The van der Waals surface area contributed by atoms with Crippen molar-refractivity contribution in [1.29, 1.82) is 0 Å². The second-order valence-electron chi connectivity index (χ2n) is 3.30. The summed E-state index contributed by atoms with van der Waals surface area (Å²) < 4.78 is 0. The molecule has 0 saturated heterocycles. The van der Waals surface area contributed by atoms with Crippen LogP contribution in [-0.2, 0) is 4.79 Å². The highest BCUT2D eigenvalue weighted by molar-refractivity contribution is 8.00. The molecule has 96 valence electrons. The number of carboxylic acids is 1. The molecule has 0 radical (unpaired) electrons. The first kappa shape index (κ1) is 13.9. The first-order chi connectivity index (χ1) is 8.31. The van der Waals surface area contributed by atoms with Crippen LogP contribution in [0.3, 0.4) is 0 Å². The third-order valence-corrected chi connectivity index (χ3v) is 3.02. The molecule has 0 aliphatic heterocycles. The van der Waals surface area contributed by atoms with Gasteiger partial charge in [-0.05, 0) is 6.92 Å². The Hall–Kier alpha value is -2.16. The number of nitrogens with zero attached hydrogens (tertiary/aromatic N) is 2. The number of benzene rings is 1. The lowest BCUT2D eigenvalue weighted by atomic mass is 10.3. The normalized spacial score (nSPS) is 11.8. The molecule has 0 unspecified atom stereocenters. The number of carboxylic acid groups (broad SMARTS) is 1. The topological polar surface area (TPSA) is 124 Å². The van der Waals surface area contributed by atoms with Gasteiger partial charge in [0.05, 0.1) is 15.9 Å². The summed E-state index contributed by atoms with van der Waals surface area (Å²) in [5.41, 5.74) is -0.881. The van der Waals surface area contributed by atoms with Crippen molar-refractivity contribution in [3.8, 4) is 0 Å². The van der Waals surface area contributed by atoms with Crippen molar-refractivity contribution < 1.29 is 19.7 Å². The van der Waals surface area contributed by atoms with Crippen LogP contribution in [0.15, 0.2) is 23.1 Å². The Morgan fingerprint density at radius 3 is 2.00 bits per heavy atom. The zero-order chi connectivity index (χ0) is 13.9. The standard InChI is InChI=1S/C9H8N2O6S/c1-5(9(12)13)18-8-3-6(10(14)15)2-7(4-8)11(16)17/h2-5H,1H3,(H,12,13)/t5-/m1/s1. The van der Waals surface area contributed by atoms with Gasteiger partial charge in [-0.25, -0.2) is 0 Å². The summed E-state index contributed by atoms with van der Waals surface area (Å²) in [5, 5.41) is 29.1. The van der Waals surface area contributed by atoms with E-state index in [0.717, 1.165) is 30.0 Å². The van der Waals surface area contributed by atoms with Crippen LogP contribution in [0, 0.1) is 20.2 Å². The number of hydrogen-bond acceptors (Lipinski definition) is 6. The first-order valence-electron chi connectivity index (χ1n) is 4.64. The van der Waals surface area contributed by atoms with E-state index in [2.05, 4.69) is 0 Å². The minimum atomic E-state index is -1.10. The summed E-state index contributed by atoms with van der Waals surface area (Å²) in [5.74, 6) is -1.10. The van der Waals surface area contributed by atoms with Crippen LogP contribution >= 0.6 is 11.8 Å². The molecule has 1 aromatic carbocycles. The van der Waals surface area contributed by atoms with Gasteiger partial charge in [0.15, 0.2) is 0 Å². The van der Waals surface area contributed by atoms with E-state index in [0.29, 0.717) is 0 Å². The smallest absolute Gasteiger partial charge is 0.316 e. The molecule has 0 bridgehead atoms. The number of thioether (sulfide) groups is 1. The van der Waals surface area contributed by atoms with Gasteiger partial charge in [0.1, 0.15) is 5.25 Å². The minimum Gasteiger partial charge on any atom is -0.480 e. The Kier molecular flexibility index (Phi) is 4.21. The summed E-state index contributed by atoms with van der Waals surface area (Å²) in [6.45, 7) is 1.39. The van der Waals surface area contributed by atoms with E-state index in [4.69, 9.17) is 5.11 Å². The Morgan fingerprint density at radius 1 is 1.22 bits per heavy atom. The fourth-order valence-corrected chi connectivity index (χ4v) is 1.99. The molecule has 8 nitrogen and oxygen atoms in total. The van der Waals surface area contributed by atoms with Crippen LogP contribution in [0.4, 0.5) is 11.4 Å². The van der Waals surface area contributed by atoms with E-state index in [1.54, 1.807) is 0 Å². The Morgan fingerprint density at radius 2 is 1.67 bits per heavy atom. The highest BCUT2D eigenvalue weighted by Crippen LogP contribution is 2.31. The third-order valence-electron chi connectivity index (χ3n) is 1.96. The maximum absolute atomic E-state index is 10.7. The fourth-order valence-electron chi connectivity index (χ4n) is 1.10. The number of nitro benzene ring substituents is 2. The molecule has 0 heterocycles. The molecule has 1 rings (SSSR count). The molecule has 9 heteroatoms. The van der Waals surface area contributed by atoms with E-state index >= 15 is 0 Å². The summed E-state index contributed by atoms with van der Waals surface area (Å²) >= 11 is 0.806. The van der Waals surface area contributed by atoms with Crippen molar-refractivity contribution in [3.05, 3.63) is 38.4 Å². The molecule has 0 aliphatic carbocycles. The number of nitro groups is 2. The van der Waals surface area contributed by atoms with E-state index in [9.17, 15) is 25.0 Å². The summed E-state index contributed by atoms with van der Waals surface area (Å²) in [4.78, 5) is 30.5. The molecule has 1 aromatic rings. The molecule has 18 heavy (non-hydrogen) atoms. The maximum atomic E-state index is 10.7. The Labute approximate surface area is 105 Å². The van der Waals surface area contributed by atoms with Gasteiger partial charge in [0.2, 0.25) is 0 Å². The molecule has 0 amide bonds. The van der Waals surface area contributed by atoms with Crippen molar-refractivity contribution in [2.45, 2.75) is 17.1 Å². The molecule has 1 N–H and O–H groups in total. The summed E-state index contributed by atoms with van der Waals surface area (Å²) in [7, 11) is 0. The van der Waals surface area contributed by atoms with Crippen LogP contribution < -0.4 is 0 Å². The number of non-ortho nitro benzene ring substituents is 2. The van der Waals surface area contributed by atoms with Crippen molar-refractivity contribution in [1.82, 2.24) is 0 Å². The Balaban J connectivity index is 3.15. The van der Waals surface area contributed by atoms with Crippen LogP contribution in [-0.4, -0.2) is 26.2 Å². The minimum absolute atomic E-state index is 0.172. The summed E-state index contributed by atoms with van der Waals surface area (Å²) in [6.07, 6.45) is 0.